The first kappa shape index (κ1) is 52.2. The molecule has 0 aromatic heterocycles. The Hall–Kier alpha value is -7.22. The van der Waals surface area contributed by atoms with Gasteiger partial charge in [-0.05, 0) is 75.8 Å². The Kier molecular flexibility index (Phi) is 16.4. The van der Waals surface area contributed by atoms with E-state index in [1.807, 2.05) is 6.07 Å². The summed E-state index contributed by atoms with van der Waals surface area (Å²) in [6.07, 6.45) is 4.31. The van der Waals surface area contributed by atoms with Gasteiger partial charge < -0.3 is 31.5 Å². The topological polar surface area (TPSA) is 226 Å². The third-order valence-corrected chi connectivity index (χ3v) is 12.8. The Morgan fingerprint density at radius 3 is 2.01 bits per heavy atom. The molecule has 0 unspecified atom stereocenters. The lowest BCUT2D eigenvalue weighted by Gasteiger charge is -2.27. The van der Waals surface area contributed by atoms with E-state index in [0.717, 1.165) is 36.4 Å². The standard InChI is InChI=1S/C50H59F3N10O7/c1-47(2)34-15-6-8-18-37(34)62(5)39(47)20-14-21-40-48(3,4)35-16-7-9-19-38(35)63(40)28-13-11-22-41(64)54-27-12-10-17-36(46(69)57-30-43(66)55-29-42(65)56-31-44(67)59-70)58-45(68)32-23-25-33(26-24-32)49(60-61-49)50(51,52)53/h6-9,14-16,18-21,23-26,36H,10-13,17,22,27-31H2,1-5H3,(H6-,54,55,56,57,58,59,60,61,64,65,66,67,68,69,70)/p+1/t36-/m0/s1. The number of para-hydroxylation sites is 2. The Morgan fingerprint density at radius 2 is 1.37 bits per heavy atom. The number of nitrogens with zero attached hydrogens (tertiary/aromatic N) is 4. The molecule has 3 aromatic rings. The molecular formula is C50H60F3N10O7+. The van der Waals surface area contributed by atoms with Crippen LogP contribution in [0.2, 0.25) is 0 Å². The van der Waals surface area contributed by atoms with E-state index in [1.165, 1.54) is 33.7 Å². The first-order valence-electron chi connectivity index (χ1n) is 23.1. The number of carbonyl (C=O) groups is 6. The molecule has 3 aromatic carbocycles. The minimum absolute atomic E-state index is 0.0469. The molecule has 6 amide bonds. The number of allylic oxidation sites excluding steroid dienone is 4. The van der Waals surface area contributed by atoms with E-state index >= 15 is 0 Å². The lowest BCUT2D eigenvalue weighted by molar-refractivity contribution is -0.401. The summed E-state index contributed by atoms with van der Waals surface area (Å²) in [6.45, 7) is 8.27. The Bertz CT molecular complexity index is 2600. The van der Waals surface area contributed by atoms with Crippen LogP contribution < -0.4 is 37.0 Å². The summed E-state index contributed by atoms with van der Waals surface area (Å²) in [5.41, 5.74) is 5.19. The molecule has 7 N–H and O–H groups in total. The van der Waals surface area contributed by atoms with Crippen LogP contribution in [0.3, 0.4) is 0 Å². The zero-order valence-electron chi connectivity index (χ0n) is 39.8. The van der Waals surface area contributed by atoms with Gasteiger partial charge in [0.15, 0.2) is 5.71 Å². The van der Waals surface area contributed by atoms with Crippen molar-refractivity contribution in [1.29, 1.82) is 0 Å². The smallest absolute Gasteiger partial charge is 0.356 e. The van der Waals surface area contributed by atoms with E-state index in [4.69, 9.17) is 5.21 Å². The highest BCUT2D eigenvalue weighted by Crippen LogP contribution is 2.52. The lowest BCUT2D eigenvalue weighted by Crippen LogP contribution is -2.50. The minimum Gasteiger partial charge on any atom is -0.356 e. The second-order valence-electron chi connectivity index (χ2n) is 18.4. The molecule has 1 atom stereocenters. The number of anilines is 1. The molecule has 0 aliphatic carbocycles. The molecule has 0 saturated heterocycles. The van der Waals surface area contributed by atoms with Crippen LogP contribution in [0.15, 0.2) is 107 Å². The maximum Gasteiger partial charge on any atom is 0.442 e. The number of rotatable bonds is 22. The van der Waals surface area contributed by atoms with Crippen molar-refractivity contribution in [2.24, 2.45) is 10.2 Å². The highest BCUT2D eigenvalue weighted by molar-refractivity contribution is 6.03. The number of hydrogen-bond donors (Lipinski definition) is 7. The van der Waals surface area contributed by atoms with Crippen LogP contribution in [-0.4, -0.2) is 103 Å². The quantitative estimate of drug-likeness (QED) is 0.0305. The second kappa shape index (κ2) is 22.0. The van der Waals surface area contributed by atoms with Gasteiger partial charge in [0.2, 0.25) is 29.3 Å². The number of nitrogens with one attached hydrogen (secondary N) is 6. The van der Waals surface area contributed by atoms with Gasteiger partial charge in [-0.1, -0.05) is 68.5 Å². The number of unbranched alkanes of at least 4 members (excludes halogenated alkanes) is 2. The van der Waals surface area contributed by atoms with E-state index in [9.17, 15) is 41.9 Å². The molecule has 0 bridgehead atoms. The zero-order chi connectivity index (χ0) is 50.9. The maximum atomic E-state index is 13.5. The van der Waals surface area contributed by atoms with Gasteiger partial charge in [-0.2, -0.15) is 17.7 Å². The van der Waals surface area contributed by atoms with Crippen molar-refractivity contribution in [2.45, 2.75) is 94.9 Å². The summed E-state index contributed by atoms with van der Waals surface area (Å²) in [7, 11) is 2.10. The van der Waals surface area contributed by atoms with Gasteiger partial charge in [0.1, 0.15) is 13.1 Å². The predicted molar refractivity (Wildman–Crippen MR) is 254 cm³/mol. The highest BCUT2D eigenvalue weighted by Gasteiger charge is 2.65. The lowest BCUT2D eigenvalue weighted by atomic mass is 9.81. The van der Waals surface area contributed by atoms with Crippen LogP contribution in [0.4, 0.5) is 24.5 Å². The zero-order valence-corrected chi connectivity index (χ0v) is 39.8. The largest absolute Gasteiger partial charge is 0.442 e. The van der Waals surface area contributed by atoms with Gasteiger partial charge in [0.25, 0.3) is 11.8 Å². The summed E-state index contributed by atoms with van der Waals surface area (Å²) in [4.78, 5) is 77.2. The molecule has 0 saturated carbocycles. The molecule has 0 spiro atoms. The fourth-order valence-electron chi connectivity index (χ4n) is 8.88. The van der Waals surface area contributed by atoms with E-state index in [-0.39, 0.29) is 40.8 Å². The SMILES string of the molecule is C[N+]1=C(C=CC=C2N(CCCCC(=O)NCCCC[C@H](NC(=O)c3ccc(C4(C(F)(F)F)N=N4)cc3)C(=O)NCC(=O)NCC(=O)NCC(=O)NO)c3ccccc3C2(C)C)C(C)(C)c2ccccc21. The van der Waals surface area contributed by atoms with Gasteiger partial charge in [0, 0.05) is 65.1 Å². The van der Waals surface area contributed by atoms with Crippen LogP contribution in [0.25, 0.3) is 0 Å². The van der Waals surface area contributed by atoms with Gasteiger partial charge in [0.05, 0.1) is 25.0 Å². The van der Waals surface area contributed by atoms with Crippen LogP contribution in [-0.2, 0) is 40.5 Å². The minimum atomic E-state index is -4.76. The molecule has 3 aliphatic rings. The average molecular weight is 970 g/mol. The summed E-state index contributed by atoms with van der Waals surface area (Å²) in [6, 6.07) is 20.1. The fraction of sp³-hybridized carbons (Fsp3) is 0.420. The van der Waals surface area contributed by atoms with E-state index in [0.29, 0.717) is 32.2 Å². The summed E-state index contributed by atoms with van der Waals surface area (Å²) in [5, 5.41) is 27.2. The van der Waals surface area contributed by atoms with Crippen LogP contribution in [0, 0.1) is 0 Å². The molecule has 70 heavy (non-hydrogen) atoms. The van der Waals surface area contributed by atoms with Crippen molar-refractivity contribution >= 4 is 52.5 Å². The van der Waals surface area contributed by atoms with Gasteiger partial charge in [-0.15, -0.1) is 10.2 Å². The number of benzene rings is 3. The van der Waals surface area contributed by atoms with E-state index in [1.54, 1.807) is 0 Å². The first-order valence-corrected chi connectivity index (χ1v) is 23.1. The summed E-state index contributed by atoms with van der Waals surface area (Å²) in [5.74, 6) is -4.06. The second-order valence-corrected chi connectivity index (χ2v) is 18.4. The Balaban J connectivity index is 0.990. The number of hydrogen-bond acceptors (Lipinski definition) is 10. The van der Waals surface area contributed by atoms with Crippen molar-refractivity contribution in [3.8, 4) is 0 Å². The van der Waals surface area contributed by atoms with Crippen molar-refractivity contribution < 1.29 is 51.7 Å². The molecular weight excluding hydrogens is 910 g/mol. The number of carbonyl (C=O) groups excluding carboxylic acids is 6. The number of fused-ring (bicyclic) bond motifs is 2. The predicted octanol–water partition coefficient (Wildman–Crippen LogP) is 5.22. The van der Waals surface area contributed by atoms with Gasteiger partial charge in [-0.3, -0.25) is 34.0 Å². The molecule has 3 heterocycles. The van der Waals surface area contributed by atoms with E-state index < -0.39 is 67.1 Å². The fourth-order valence-corrected chi connectivity index (χ4v) is 8.88. The number of hydroxylamine groups is 1. The highest BCUT2D eigenvalue weighted by atomic mass is 19.4. The number of alkyl halides is 3. The van der Waals surface area contributed by atoms with Crippen molar-refractivity contribution in [3.63, 3.8) is 0 Å². The molecule has 6 rings (SSSR count). The molecule has 17 nitrogen and oxygen atoms in total. The Morgan fingerprint density at radius 1 is 0.743 bits per heavy atom. The first-order chi connectivity index (χ1) is 33.2. The van der Waals surface area contributed by atoms with Gasteiger partial charge >= 0.3 is 11.8 Å². The number of amides is 6. The summed E-state index contributed by atoms with van der Waals surface area (Å²) < 4.78 is 42.8. The molecule has 372 valence electrons. The molecule has 20 heteroatoms. The molecule has 3 aliphatic heterocycles. The average Bonchev–Trinajstić information content (AvgIpc) is 4.10. The third-order valence-electron chi connectivity index (χ3n) is 12.8. The maximum absolute atomic E-state index is 13.5. The van der Waals surface area contributed by atoms with Crippen molar-refractivity contribution in [2.75, 3.05) is 44.7 Å². The molecule has 0 fully saturated rings. The van der Waals surface area contributed by atoms with Crippen molar-refractivity contribution in [3.05, 3.63) is 119 Å². The van der Waals surface area contributed by atoms with Crippen molar-refractivity contribution in [1.82, 2.24) is 32.1 Å². The van der Waals surface area contributed by atoms with Crippen LogP contribution >= 0.6 is 0 Å². The van der Waals surface area contributed by atoms with Gasteiger partial charge in [-0.25, -0.2) is 5.48 Å². The number of halogens is 3. The van der Waals surface area contributed by atoms with Crippen LogP contribution in [0.1, 0.15) is 93.3 Å². The monoisotopic (exact) mass is 969 g/mol. The summed E-state index contributed by atoms with van der Waals surface area (Å²) >= 11 is 0. The van der Waals surface area contributed by atoms with Crippen LogP contribution in [0.5, 0.6) is 0 Å². The molecule has 0 radical (unpaired) electrons. The van der Waals surface area contributed by atoms with E-state index in [2.05, 4.69) is 142 Å². The Labute approximate surface area is 404 Å². The third kappa shape index (κ3) is 12.0. The normalized spacial score (nSPS) is 16.9.